The normalized spacial score (nSPS) is 25.5. The summed E-state index contributed by atoms with van der Waals surface area (Å²) in [6.07, 6.45) is 2.68. The van der Waals surface area contributed by atoms with Crippen molar-refractivity contribution in [3.05, 3.63) is 24.5 Å². The van der Waals surface area contributed by atoms with Gasteiger partial charge in [0, 0.05) is 39.0 Å². The molecular weight excluding hydrogens is 419 g/mol. The number of fused-ring (bicyclic) bond motifs is 1. The molecule has 2 atom stereocenters. The predicted octanol–water partition coefficient (Wildman–Crippen LogP) is 2.79. The number of nitrogens with zero attached hydrogens (tertiary/aromatic N) is 3. The number of aliphatic carboxylic acids is 1. The molecule has 2 amide bonds. The molecule has 3 fully saturated rings. The lowest BCUT2D eigenvalue weighted by molar-refractivity contribution is -0.192. The number of pyridine rings is 1. The highest BCUT2D eigenvalue weighted by Crippen LogP contribution is 2.41. The van der Waals surface area contributed by atoms with Crippen molar-refractivity contribution in [3.8, 4) is 5.75 Å². The number of piperidine rings is 1. The van der Waals surface area contributed by atoms with Crippen molar-refractivity contribution in [3.63, 3.8) is 0 Å². The van der Waals surface area contributed by atoms with Gasteiger partial charge in [-0.05, 0) is 37.8 Å². The molecule has 0 unspecified atom stereocenters. The van der Waals surface area contributed by atoms with E-state index in [1.807, 2.05) is 21.9 Å². The van der Waals surface area contributed by atoms with E-state index < -0.39 is 12.1 Å². The lowest BCUT2D eigenvalue weighted by atomic mass is 9.77. The summed E-state index contributed by atoms with van der Waals surface area (Å²) < 4.78 is 43.7. The van der Waals surface area contributed by atoms with Gasteiger partial charge < -0.3 is 24.4 Å². The summed E-state index contributed by atoms with van der Waals surface area (Å²) in [5, 5.41) is 7.12. The third kappa shape index (κ3) is 5.78. The summed E-state index contributed by atoms with van der Waals surface area (Å²) >= 11 is 0. The van der Waals surface area contributed by atoms with E-state index in [4.69, 9.17) is 19.4 Å². The number of hydrogen-bond donors (Lipinski definition) is 1. The van der Waals surface area contributed by atoms with Gasteiger partial charge in [0.25, 0.3) is 0 Å². The number of carbonyl (C=O) groups excluding carboxylic acids is 1. The van der Waals surface area contributed by atoms with E-state index in [1.54, 1.807) is 12.4 Å². The van der Waals surface area contributed by atoms with Crippen LogP contribution in [0.4, 0.5) is 18.0 Å². The number of carboxylic acid groups (broad SMARTS) is 1. The molecule has 8 nitrogen and oxygen atoms in total. The fourth-order valence-corrected chi connectivity index (χ4v) is 4.19. The fraction of sp³-hybridized carbons (Fsp3) is 0.650. The third-order valence-corrected chi connectivity index (χ3v) is 5.82. The summed E-state index contributed by atoms with van der Waals surface area (Å²) in [5.41, 5.74) is -0.0938. The van der Waals surface area contributed by atoms with Crippen LogP contribution in [-0.2, 0) is 9.53 Å². The molecular formula is C20H26F3N3O5. The van der Waals surface area contributed by atoms with Gasteiger partial charge in [0.15, 0.2) is 0 Å². The molecule has 172 valence electrons. The van der Waals surface area contributed by atoms with Gasteiger partial charge in [-0.2, -0.15) is 13.2 Å². The molecule has 0 aliphatic carbocycles. The Kier molecular flexibility index (Phi) is 7.24. The molecule has 0 spiro atoms. The molecule has 3 saturated heterocycles. The van der Waals surface area contributed by atoms with Crippen molar-refractivity contribution in [1.29, 1.82) is 0 Å². The number of aromatic nitrogens is 1. The van der Waals surface area contributed by atoms with Crippen molar-refractivity contribution in [2.75, 3.05) is 39.4 Å². The molecule has 0 aromatic carbocycles. The van der Waals surface area contributed by atoms with Crippen LogP contribution in [0.25, 0.3) is 0 Å². The van der Waals surface area contributed by atoms with Crippen molar-refractivity contribution in [2.45, 2.75) is 38.0 Å². The number of ether oxygens (including phenoxy) is 2. The molecule has 0 radical (unpaired) electrons. The van der Waals surface area contributed by atoms with Crippen LogP contribution < -0.4 is 4.74 Å². The zero-order valence-electron chi connectivity index (χ0n) is 17.0. The second-order valence-corrected chi connectivity index (χ2v) is 7.94. The summed E-state index contributed by atoms with van der Waals surface area (Å²) in [6.45, 7) is 4.64. The van der Waals surface area contributed by atoms with Crippen LogP contribution in [0.15, 0.2) is 24.5 Å². The first-order valence-corrected chi connectivity index (χ1v) is 10.2. The van der Waals surface area contributed by atoms with Crippen LogP contribution in [0.5, 0.6) is 5.75 Å². The minimum atomic E-state index is -5.08. The maximum Gasteiger partial charge on any atom is 0.490 e. The van der Waals surface area contributed by atoms with Crippen LogP contribution in [0.3, 0.4) is 0 Å². The highest BCUT2D eigenvalue weighted by molar-refractivity contribution is 5.75. The quantitative estimate of drug-likeness (QED) is 0.769. The maximum absolute atomic E-state index is 12.8. The minimum absolute atomic E-state index is 0.0938. The summed E-state index contributed by atoms with van der Waals surface area (Å²) in [6, 6.07) is 3.99. The van der Waals surface area contributed by atoms with Crippen molar-refractivity contribution >= 4 is 12.0 Å². The number of hydrogen-bond acceptors (Lipinski definition) is 5. The Morgan fingerprint density at radius 3 is 2.58 bits per heavy atom. The predicted molar refractivity (Wildman–Crippen MR) is 103 cm³/mol. The van der Waals surface area contributed by atoms with Gasteiger partial charge in [-0.15, -0.1) is 0 Å². The van der Waals surface area contributed by atoms with Crippen LogP contribution in [0, 0.1) is 5.41 Å². The van der Waals surface area contributed by atoms with Crippen LogP contribution in [0.1, 0.15) is 25.7 Å². The number of amides is 2. The van der Waals surface area contributed by atoms with Crippen molar-refractivity contribution in [1.82, 2.24) is 14.8 Å². The Labute approximate surface area is 177 Å². The number of rotatable bonds is 3. The van der Waals surface area contributed by atoms with Gasteiger partial charge in [0.2, 0.25) is 0 Å². The first-order valence-electron chi connectivity index (χ1n) is 10.2. The van der Waals surface area contributed by atoms with E-state index in [0.29, 0.717) is 6.61 Å². The molecule has 1 aromatic heterocycles. The second-order valence-electron chi connectivity index (χ2n) is 7.94. The first kappa shape index (κ1) is 23.1. The number of likely N-dealkylation sites (tertiary alicyclic amines) is 2. The zero-order valence-corrected chi connectivity index (χ0v) is 17.0. The van der Waals surface area contributed by atoms with Crippen LogP contribution >= 0.6 is 0 Å². The lowest BCUT2D eigenvalue weighted by Gasteiger charge is -2.44. The number of carbonyl (C=O) groups is 2. The molecule has 3 aliphatic rings. The molecule has 0 saturated carbocycles. The SMILES string of the molecule is O=C(N1CCCC1)N1CC[C@H]2OCC[C@@]2(COc2cccnc2)C1.O=C(O)C(F)(F)F. The van der Waals surface area contributed by atoms with Gasteiger partial charge >= 0.3 is 18.2 Å². The standard InChI is InChI=1S/C18H25N3O3.C2HF3O2/c22-17(20-8-1-2-9-20)21-10-5-16-18(13-21,6-11-23-16)14-24-15-4-3-7-19-12-15;3-2(4,5)1(6)7/h3-4,7,12,16H,1-2,5-6,8-11,13-14H2;(H,6,7)/t16-,18+;/m1./s1. The summed E-state index contributed by atoms with van der Waals surface area (Å²) in [7, 11) is 0. The smallest absolute Gasteiger partial charge is 0.490 e. The highest BCUT2D eigenvalue weighted by atomic mass is 19.4. The first-order chi connectivity index (χ1) is 14.7. The topological polar surface area (TPSA) is 92.2 Å². The second kappa shape index (κ2) is 9.71. The monoisotopic (exact) mass is 445 g/mol. The fourth-order valence-electron chi connectivity index (χ4n) is 4.19. The van der Waals surface area contributed by atoms with E-state index in [9.17, 15) is 18.0 Å². The van der Waals surface area contributed by atoms with Crippen LogP contribution in [0.2, 0.25) is 0 Å². The molecule has 4 rings (SSSR count). The maximum atomic E-state index is 12.8. The van der Waals surface area contributed by atoms with Crippen molar-refractivity contribution in [2.24, 2.45) is 5.41 Å². The molecule has 11 heteroatoms. The number of alkyl halides is 3. The average molecular weight is 445 g/mol. The largest absolute Gasteiger partial charge is 0.491 e. The molecule has 3 aliphatic heterocycles. The summed E-state index contributed by atoms with van der Waals surface area (Å²) in [5.74, 6) is -1.98. The number of carboxylic acids is 1. The van der Waals surface area contributed by atoms with Crippen LogP contribution in [-0.4, -0.2) is 83.6 Å². The van der Waals surface area contributed by atoms with Gasteiger partial charge in [-0.3, -0.25) is 4.98 Å². The van der Waals surface area contributed by atoms with Gasteiger partial charge in [-0.1, -0.05) is 0 Å². The summed E-state index contributed by atoms with van der Waals surface area (Å²) in [4.78, 5) is 29.8. The number of halogens is 3. The molecule has 1 aromatic rings. The van der Waals surface area contributed by atoms with Gasteiger partial charge in [-0.25, -0.2) is 9.59 Å². The Morgan fingerprint density at radius 1 is 1.26 bits per heavy atom. The van der Waals surface area contributed by atoms with E-state index in [2.05, 4.69) is 4.98 Å². The Balaban J connectivity index is 0.000000339. The van der Waals surface area contributed by atoms with E-state index in [0.717, 1.165) is 64.2 Å². The minimum Gasteiger partial charge on any atom is -0.491 e. The van der Waals surface area contributed by atoms with Gasteiger partial charge in [0.05, 0.1) is 24.3 Å². The zero-order chi connectivity index (χ0) is 22.5. The molecule has 4 heterocycles. The molecule has 31 heavy (non-hydrogen) atoms. The average Bonchev–Trinajstić information content (AvgIpc) is 3.42. The van der Waals surface area contributed by atoms with Gasteiger partial charge in [0.1, 0.15) is 5.75 Å². The molecule has 1 N–H and O–H groups in total. The third-order valence-electron chi connectivity index (χ3n) is 5.82. The molecule has 0 bridgehead atoms. The Bertz CT molecular complexity index is 758. The van der Waals surface area contributed by atoms with E-state index in [-0.39, 0.29) is 17.6 Å². The van der Waals surface area contributed by atoms with Crippen molar-refractivity contribution < 1.29 is 37.3 Å². The van der Waals surface area contributed by atoms with E-state index in [1.165, 1.54) is 0 Å². The highest BCUT2D eigenvalue weighted by Gasteiger charge is 2.50. The number of urea groups is 1. The Hall–Kier alpha value is -2.56. The van der Waals surface area contributed by atoms with E-state index >= 15 is 0 Å². The lowest BCUT2D eigenvalue weighted by Crippen LogP contribution is -2.56. The Morgan fingerprint density at radius 2 is 1.97 bits per heavy atom.